The van der Waals surface area contributed by atoms with Gasteiger partial charge in [0.05, 0.1) is 30.0 Å². The lowest BCUT2D eigenvalue weighted by molar-refractivity contribution is -0.181. The Kier molecular flexibility index (Phi) is 17.1. The number of guanidine groups is 1. The third kappa shape index (κ3) is 13.4. The zero-order chi connectivity index (χ0) is 34.0. The van der Waals surface area contributed by atoms with Crippen molar-refractivity contribution < 1.29 is 43.0 Å². The van der Waals surface area contributed by atoms with Gasteiger partial charge in [0.1, 0.15) is 0 Å². The molecule has 1 rings (SSSR count). The Hall–Kier alpha value is -3.78. The van der Waals surface area contributed by atoms with Crippen molar-refractivity contribution in [2.75, 3.05) is 64.7 Å². The maximum absolute atomic E-state index is 13.2. The van der Waals surface area contributed by atoms with Gasteiger partial charge in [-0.3, -0.25) is 4.79 Å². The molecule has 0 fully saturated rings. The first-order chi connectivity index (χ1) is 21.3. The summed E-state index contributed by atoms with van der Waals surface area (Å²) in [4.78, 5) is 51.0. The standard InChI is InChI=1S/C29H46N6O9S/c1-5-32(6-2)16-12-17-34(19-20-45(42,43)24-13-10-9-11-14-24)28(31-15-18-33(7-3)8-4)35(23-30)44-26(38)22-29(41,27(39)40)21-25(36)37/h9-11,13-14,41H,5-8,12,15-22H2,1-4H3,(H,36,37)(H,39,40). The minimum absolute atomic E-state index is 0.114. The summed E-state index contributed by atoms with van der Waals surface area (Å²) in [7, 11) is -3.76. The Bertz CT molecular complexity index is 1260. The van der Waals surface area contributed by atoms with Gasteiger partial charge in [-0.25, -0.2) is 23.0 Å². The highest BCUT2D eigenvalue weighted by atomic mass is 32.2. The number of benzene rings is 1. The van der Waals surface area contributed by atoms with Crippen molar-refractivity contribution >= 4 is 33.7 Å². The van der Waals surface area contributed by atoms with Gasteiger partial charge < -0.3 is 34.9 Å². The van der Waals surface area contributed by atoms with Crippen LogP contribution in [-0.2, 0) is 29.1 Å². The molecule has 0 radical (unpaired) electrons. The molecule has 1 aromatic carbocycles. The van der Waals surface area contributed by atoms with Gasteiger partial charge >= 0.3 is 17.9 Å². The molecule has 0 aliphatic heterocycles. The third-order valence-corrected chi connectivity index (χ3v) is 8.83. The predicted octanol–water partition coefficient (Wildman–Crippen LogP) is 1.11. The summed E-state index contributed by atoms with van der Waals surface area (Å²) in [5, 5.41) is 39.2. The fourth-order valence-electron chi connectivity index (χ4n) is 4.38. The number of hydrogen-bond donors (Lipinski definition) is 3. The number of carboxylic acid groups (broad SMARTS) is 2. The van der Waals surface area contributed by atoms with Crippen LogP contribution >= 0.6 is 0 Å². The fourth-order valence-corrected chi connectivity index (χ4v) is 5.65. The summed E-state index contributed by atoms with van der Waals surface area (Å²) in [6.45, 7) is 12.3. The summed E-state index contributed by atoms with van der Waals surface area (Å²) < 4.78 is 26.3. The zero-order valence-corrected chi connectivity index (χ0v) is 27.3. The molecule has 0 amide bonds. The van der Waals surface area contributed by atoms with Crippen LogP contribution in [0.3, 0.4) is 0 Å². The monoisotopic (exact) mass is 654 g/mol. The molecule has 15 nitrogen and oxygen atoms in total. The van der Waals surface area contributed by atoms with Gasteiger partial charge in [-0.15, -0.1) is 0 Å². The minimum atomic E-state index is -3.76. The number of carbonyl (C=O) groups excluding carboxylic acids is 1. The molecule has 1 unspecified atom stereocenters. The second-order valence-electron chi connectivity index (χ2n) is 10.1. The van der Waals surface area contributed by atoms with Crippen molar-refractivity contribution in [2.45, 2.75) is 57.5 Å². The molecule has 0 aliphatic rings. The number of carboxylic acids is 2. The van der Waals surface area contributed by atoms with Gasteiger partial charge in [-0.05, 0) is 51.3 Å². The highest BCUT2D eigenvalue weighted by Crippen LogP contribution is 2.18. The normalized spacial score (nSPS) is 13.2. The van der Waals surface area contributed by atoms with Crippen LogP contribution in [-0.4, -0.2) is 138 Å². The van der Waals surface area contributed by atoms with Crippen molar-refractivity contribution in [1.29, 1.82) is 5.26 Å². The molecule has 0 saturated carbocycles. The van der Waals surface area contributed by atoms with Crippen molar-refractivity contribution in [3.63, 3.8) is 0 Å². The first-order valence-electron chi connectivity index (χ1n) is 14.9. The van der Waals surface area contributed by atoms with Crippen molar-refractivity contribution in [3.05, 3.63) is 30.3 Å². The summed E-state index contributed by atoms with van der Waals surface area (Å²) in [6, 6.07) is 7.86. The van der Waals surface area contributed by atoms with Gasteiger partial charge in [0.25, 0.3) is 0 Å². The van der Waals surface area contributed by atoms with Crippen molar-refractivity contribution in [3.8, 4) is 6.19 Å². The maximum Gasteiger partial charge on any atom is 0.337 e. The topological polar surface area (TPSA) is 204 Å². The minimum Gasteiger partial charge on any atom is -0.481 e. The Balaban J connectivity index is 3.46. The van der Waals surface area contributed by atoms with Gasteiger partial charge in [0, 0.05) is 19.6 Å². The van der Waals surface area contributed by atoms with E-state index in [0.29, 0.717) is 24.6 Å². The lowest BCUT2D eigenvalue weighted by Gasteiger charge is -2.30. The Labute approximate surface area is 265 Å². The average molecular weight is 655 g/mol. The first kappa shape index (κ1) is 39.2. The second kappa shape index (κ2) is 19.6. The third-order valence-electron chi connectivity index (χ3n) is 7.12. The number of aliphatic hydroxyl groups is 1. The molecule has 0 bridgehead atoms. The molecule has 0 aromatic heterocycles. The van der Waals surface area contributed by atoms with Crippen LogP contribution in [0.5, 0.6) is 0 Å². The average Bonchev–Trinajstić information content (AvgIpc) is 3.00. The second-order valence-corrected chi connectivity index (χ2v) is 12.3. The van der Waals surface area contributed by atoms with Crippen LogP contribution in [0, 0.1) is 11.5 Å². The molecule has 1 atom stereocenters. The SMILES string of the molecule is CCN(CC)CCCN(CCS(=O)(=O)c1ccccc1)C(=NCCN(CC)CC)N(C#N)OC(=O)CC(O)(CC(=O)O)C(=O)O. The fraction of sp³-hybridized carbons (Fsp3) is 0.621. The lowest BCUT2D eigenvalue weighted by atomic mass is 9.96. The van der Waals surface area contributed by atoms with Gasteiger partial charge in [0.2, 0.25) is 12.2 Å². The van der Waals surface area contributed by atoms with Gasteiger partial charge in [-0.2, -0.15) is 5.26 Å². The molecule has 0 aliphatic carbocycles. The van der Waals surface area contributed by atoms with E-state index in [4.69, 9.17) is 9.94 Å². The van der Waals surface area contributed by atoms with E-state index in [-0.39, 0.29) is 36.2 Å². The molecule has 45 heavy (non-hydrogen) atoms. The molecule has 0 heterocycles. The van der Waals surface area contributed by atoms with Crippen molar-refractivity contribution in [1.82, 2.24) is 19.8 Å². The van der Waals surface area contributed by atoms with Crippen LogP contribution in [0.4, 0.5) is 0 Å². The smallest absolute Gasteiger partial charge is 0.337 e. The van der Waals surface area contributed by atoms with E-state index >= 15 is 0 Å². The number of carbonyl (C=O) groups is 3. The lowest BCUT2D eigenvalue weighted by Crippen LogP contribution is -2.48. The molecular weight excluding hydrogens is 608 g/mol. The van der Waals surface area contributed by atoms with E-state index in [0.717, 1.165) is 26.2 Å². The van der Waals surface area contributed by atoms with E-state index in [2.05, 4.69) is 14.8 Å². The number of nitrogens with zero attached hydrogens (tertiary/aromatic N) is 6. The van der Waals surface area contributed by atoms with E-state index in [1.165, 1.54) is 17.0 Å². The highest BCUT2D eigenvalue weighted by Gasteiger charge is 2.42. The largest absolute Gasteiger partial charge is 0.481 e. The molecule has 16 heteroatoms. The zero-order valence-electron chi connectivity index (χ0n) is 26.5. The van der Waals surface area contributed by atoms with E-state index in [1.807, 2.05) is 27.7 Å². The van der Waals surface area contributed by atoms with E-state index in [1.54, 1.807) is 24.4 Å². The molecule has 0 saturated heterocycles. The van der Waals surface area contributed by atoms with Crippen LogP contribution in [0.1, 0.15) is 47.0 Å². The number of aliphatic carboxylic acids is 2. The van der Waals surface area contributed by atoms with Gasteiger partial charge in [0.15, 0.2) is 15.4 Å². The van der Waals surface area contributed by atoms with Gasteiger partial charge in [-0.1, -0.05) is 51.0 Å². The highest BCUT2D eigenvalue weighted by molar-refractivity contribution is 7.91. The number of hydrogen-bond acceptors (Lipinski definition) is 11. The molecule has 252 valence electrons. The Morgan fingerprint density at radius 1 is 0.911 bits per heavy atom. The number of hydroxylamine groups is 2. The maximum atomic E-state index is 13.2. The van der Waals surface area contributed by atoms with E-state index in [9.17, 15) is 38.3 Å². The molecule has 0 spiro atoms. The summed E-state index contributed by atoms with van der Waals surface area (Å²) in [5.74, 6) is -5.57. The molecule has 1 aromatic rings. The number of sulfone groups is 1. The van der Waals surface area contributed by atoms with Crippen molar-refractivity contribution in [2.24, 2.45) is 4.99 Å². The number of aliphatic imine (C=N–C) groups is 1. The van der Waals surface area contributed by atoms with E-state index < -0.39 is 46.2 Å². The Morgan fingerprint density at radius 2 is 1.49 bits per heavy atom. The molecule has 3 N–H and O–H groups in total. The quantitative estimate of drug-likeness (QED) is 0.0593. The summed E-state index contributed by atoms with van der Waals surface area (Å²) >= 11 is 0. The summed E-state index contributed by atoms with van der Waals surface area (Å²) in [5.41, 5.74) is -2.99. The number of likely N-dealkylation sites (N-methyl/N-ethyl adjacent to an activating group) is 1. The number of nitriles is 1. The predicted molar refractivity (Wildman–Crippen MR) is 166 cm³/mol. The number of rotatable bonds is 20. The van der Waals surface area contributed by atoms with Crippen LogP contribution in [0.25, 0.3) is 0 Å². The van der Waals surface area contributed by atoms with Crippen LogP contribution in [0.15, 0.2) is 40.2 Å². The van der Waals surface area contributed by atoms with Crippen LogP contribution in [0.2, 0.25) is 0 Å². The first-order valence-corrected chi connectivity index (χ1v) is 16.5. The summed E-state index contributed by atoms with van der Waals surface area (Å²) in [6.07, 6.45) is -0.343. The molecular formula is C29H46N6O9S. The van der Waals surface area contributed by atoms with Crippen LogP contribution < -0.4 is 0 Å². The Morgan fingerprint density at radius 3 is 2.00 bits per heavy atom.